The Labute approximate surface area is 69.6 Å². The van der Waals surface area contributed by atoms with Crippen molar-refractivity contribution in [2.75, 3.05) is 6.61 Å². The lowest BCUT2D eigenvalue weighted by Gasteiger charge is -2.12. The Morgan fingerprint density at radius 3 is 3.00 bits per heavy atom. The molecule has 0 aromatic heterocycles. The Morgan fingerprint density at radius 2 is 2.17 bits per heavy atom. The lowest BCUT2D eigenvalue weighted by atomic mass is 10.1. The van der Waals surface area contributed by atoms with E-state index in [2.05, 4.69) is 5.18 Å². The third-order valence-electron chi connectivity index (χ3n) is 1.73. The Kier molecular flexibility index (Phi) is 1.63. The van der Waals surface area contributed by atoms with Gasteiger partial charge < -0.3 is 4.74 Å². The second kappa shape index (κ2) is 2.77. The molecule has 0 unspecified atom stereocenters. The Balaban J connectivity index is 2.47. The first-order valence-electron chi connectivity index (χ1n) is 3.66. The Bertz CT molecular complexity index is 344. The van der Waals surface area contributed by atoms with Crippen molar-refractivity contribution in [2.45, 2.75) is 0 Å². The topological polar surface area (TPSA) is 38.7 Å². The van der Waals surface area contributed by atoms with Crippen LogP contribution in [-0.2, 0) is 0 Å². The van der Waals surface area contributed by atoms with Gasteiger partial charge in [-0.25, -0.2) is 0 Å². The van der Waals surface area contributed by atoms with E-state index < -0.39 is 0 Å². The summed E-state index contributed by atoms with van der Waals surface area (Å²) in [5.74, 6) is 0.810. The third kappa shape index (κ3) is 1.09. The number of para-hydroxylation sites is 1. The van der Waals surface area contributed by atoms with Gasteiger partial charge in [-0.3, -0.25) is 0 Å². The number of rotatable bonds is 1. The zero-order chi connectivity index (χ0) is 8.39. The number of hydrogen-bond acceptors (Lipinski definition) is 3. The predicted octanol–water partition coefficient (Wildman–Crippen LogP) is 2.19. The van der Waals surface area contributed by atoms with Gasteiger partial charge in [-0.1, -0.05) is 18.2 Å². The fourth-order valence-corrected chi connectivity index (χ4v) is 1.16. The average Bonchev–Trinajstić information content (AvgIpc) is 2.17. The maximum atomic E-state index is 10.2. The number of nitroso groups, excluding NO2 is 1. The molecule has 3 nitrogen and oxygen atoms in total. The zero-order valence-electron chi connectivity index (χ0n) is 6.36. The number of benzene rings is 1. The molecule has 2 rings (SSSR count). The van der Waals surface area contributed by atoms with E-state index in [0.29, 0.717) is 5.70 Å². The van der Waals surface area contributed by atoms with Crippen LogP contribution in [-0.4, -0.2) is 6.61 Å². The number of ether oxygens (including phenoxy) is 1. The van der Waals surface area contributed by atoms with Gasteiger partial charge in [0, 0.05) is 5.56 Å². The van der Waals surface area contributed by atoms with Crippen LogP contribution >= 0.6 is 0 Å². The van der Waals surface area contributed by atoms with Gasteiger partial charge in [-0.05, 0) is 17.3 Å². The molecule has 0 spiro atoms. The van der Waals surface area contributed by atoms with E-state index in [1.807, 2.05) is 24.3 Å². The van der Waals surface area contributed by atoms with Crippen LogP contribution in [0.1, 0.15) is 5.56 Å². The third-order valence-corrected chi connectivity index (χ3v) is 1.73. The molecule has 0 amide bonds. The van der Waals surface area contributed by atoms with Gasteiger partial charge >= 0.3 is 0 Å². The second-order valence-electron chi connectivity index (χ2n) is 2.55. The van der Waals surface area contributed by atoms with Crippen molar-refractivity contribution in [3.8, 4) is 5.75 Å². The zero-order valence-corrected chi connectivity index (χ0v) is 6.36. The first kappa shape index (κ1) is 7.03. The normalized spacial score (nSPS) is 14.2. The molecular weight excluding hydrogens is 154 g/mol. The minimum absolute atomic E-state index is 0.278. The van der Waals surface area contributed by atoms with Crippen molar-refractivity contribution in [2.24, 2.45) is 5.18 Å². The summed E-state index contributed by atoms with van der Waals surface area (Å²) in [5.41, 5.74) is 1.35. The fourth-order valence-electron chi connectivity index (χ4n) is 1.16. The van der Waals surface area contributed by atoms with Crippen LogP contribution in [0.25, 0.3) is 6.08 Å². The standard InChI is InChI=1S/C9H7NO2/c11-10-8-5-7-3-1-2-4-9(7)12-6-8/h1-5H,6H2. The summed E-state index contributed by atoms with van der Waals surface area (Å²) < 4.78 is 5.26. The summed E-state index contributed by atoms with van der Waals surface area (Å²) in [7, 11) is 0. The summed E-state index contributed by atoms with van der Waals surface area (Å²) in [6.45, 7) is 0.278. The largest absolute Gasteiger partial charge is 0.487 e. The highest BCUT2D eigenvalue weighted by atomic mass is 16.5. The minimum atomic E-state index is 0.278. The van der Waals surface area contributed by atoms with Crippen LogP contribution in [0.4, 0.5) is 0 Å². The van der Waals surface area contributed by atoms with E-state index in [9.17, 15) is 4.91 Å². The predicted molar refractivity (Wildman–Crippen MR) is 45.7 cm³/mol. The number of nitrogens with zero attached hydrogens (tertiary/aromatic N) is 1. The van der Waals surface area contributed by atoms with E-state index in [0.717, 1.165) is 11.3 Å². The second-order valence-corrected chi connectivity index (χ2v) is 2.55. The lowest BCUT2D eigenvalue weighted by molar-refractivity contribution is 0.346. The average molecular weight is 161 g/mol. The maximum Gasteiger partial charge on any atom is 0.134 e. The van der Waals surface area contributed by atoms with Gasteiger partial charge in [0.15, 0.2) is 0 Å². The Morgan fingerprint density at radius 1 is 1.33 bits per heavy atom. The van der Waals surface area contributed by atoms with Crippen molar-refractivity contribution < 1.29 is 4.74 Å². The van der Waals surface area contributed by atoms with Gasteiger partial charge in [0.1, 0.15) is 18.1 Å². The summed E-state index contributed by atoms with van der Waals surface area (Å²) in [5, 5.41) is 2.83. The van der Waals surface area contributed by atoms with Crippen molar-refractivity contribution >= 4 is 6.08 Å². The molecule has 60 valence electrons. The molecule has 0 saturated heterocycles. The lowest BCUT2D eigenvalue weighted by Crippen LogP contribution is -2.04. The number of hydrogen-bond donors (Lipinski definition) is 0. The first-order chi connectivity index (χ1) is 5.90. The SMILES string of the molecule is O=NC1=Cc2ccccc2OC1. The van der Waals surface area contributed by atoms with Crippen LogP contribution in [0.15, 0.2) is 35.1 Å². The van der Waals surface area contributed by atoms with Crippen LogP contribution in [0, 0.1) is 4.91 Å². The summed E-state index contributed by atoms with van der Waals surface area (Å²) in [6.07, 6.45) is 1.74. The molecule has 0 saturated carbocycles. The van der Waals surface area contributed by atoms with Crippen molar-refractivity contribution in [1.82, 2.24) is 0 Å². The molecule has 12 heavy (non-hydrogen) atoms. The quantitative estimate of drug-likeness (QED) is 0.592. The van der Waals surface area contributed by atoms with Gasteiger partial charge in [-0.2, -0.15) is 0 Å². The van der Waals surface area contributed by atoms with Crippen molar-refractivity contribution in [3.05, 3.63) is 40.4 Å². The van der Waals surface area contributed by atoms with E-state index in [4.69, 9.17) is 4.74 Å². The molecule has 3 heteroatoms. The van der Waals surface area contributed by atoms with E-state index >= 15 is 0 Å². The molecule has 0 atom stereocenters. The number of fused-ring (bicyclic) bond motifs is 1. The fraction of sp³-hybridized carbons (Fsp3) is 0.111. The molecule has 0 fully saturated rings. The van der Waals surface area contributed by atoms with Crippen molar-refractivity contribution in [3.63, 3.8) is 0 Å². The van der Waals surface area contributed by atoms with Crippen LogP contribution in [0.5, 0.6) is 5.75 Å². The van der Waals surface area contributed by atoms with E-state index in [1.54, 1.807) is 6.08 Å². The highest BCUT2D eigenvalue weighted by Crippen LogP contribution is 2.25. The monoisotopic (exact) mass is 161 g/mol. The molecule has 1 aliphatic heterocycles. The van der Waals surface area contributed by atoms with Crippen LogP contribution in [0.3, 0.4) is 0 Å². The molecule has 0 N–H and O–H groups in total. The smallest absolute Gasteiger partial charge is 0.134 e. The summed E-state index contributed by atoms with van der Waals surface area (Å²) in [6, 6.07) is 7.55. The molecule has 0 bridgehead atoms. The minimum Gasteiger partial charge on any atom is -0.487 e. The highest BCUT2D eigenvalue weighted by Gasteiger charge is 2.09. The van der Waals surface area contributed by atoms with Crippen molar-refractivity contribution in [1.29, 1.82) is 0 Å². The van der Waals surface area contributed by atoms with E-state index in [1.165, 1.54) is 0 Å². The summed E-state index contributed by atoms with van der Waals surface area (Å²) >= 11 is 0. The maximum absolute atomic E-state index is 10.2. The summed E-state index contributed by atoms with van der Waals surface area (Å²) in [4.78, 5) is 10.2. The molecule has 1 aliphatic rings. The Hall–Kier alpha value is -1.64. The molecular formula is C9H7NO2. The first-order valence-corrected chi connectivity index (χ1v) is 3.66. The molecule has 0 aliphatic carbocycles. The molecule has 0 radical (unpaired) electrons. The molecule has 1 heterocycles. The molecule has 1 aromatic carbocycles. The molecule has 1 aromatic rings. The van der Waals surface area contributed by atoms with Crippen LogP contribution in [0.2, 0.25) is 0 Å². The van der Waals surface area contributed by atoms with Gasteiger partial charge in [-0.15, -0.1) is 4.91 Å². The van der Waals surface area contributed by atoms with Crippen LogP contribution < -0.4 is 4.74 Å². The van der Waals surface area contributed by atoms with E-state index in [-0.39, 0.29) is 6.61 Å². The van der Waals surface area contributed by atoms with Gasteiger partial charge in [0.25, 0.3) is 0 Å². The van der Waals surface area contributed by atoms with Gasteiger partial charge in [0.05, 0.1) is 0 Å². The highest BCUT2D eigenvalue weighted by molar-refractivity contribution is 5.61. The van der Waals surface area contributed by atoms with Gasteiger partial charge in [0.2, 0.25) is 0 Å².